The molecule has 1 spiro atoms. The fraction of sp³-hybridized carbons (Fsp3) is 0.600. The summed E-state index contributed by atoms with van der Waals surface area (Å²) < 4.78 is 24.8. The Morgan fingerprint density at radius 3 is 2.55 bits per heavy atom. The third kappa shape index (κ3) is 2.72. The van der Waals surface area contributed by atoms with Gasteiger partial charge < -0.3 is 15.2 Å². The minimum atomic E-state index is -0.377. The SMILES string of the molecule is NCC(c1cccc(F)c1)N1CCC2(CC1)OCCO2. The molecular formula is C15H21FN2O2. The van der Waals surface area contributed by atoms with Crippen LogP contribution in [0.1, 0.15) is 24.4 Å². The summed E-state index contributed by atoms with van der Waals surface area (Å²) in [5, 5.41) is 0. The van der Waals surface area contributed by atoms with Crippen molar-refractivity contribution in [3.05, 3.63) is 35.6 Å². The molecule has 3 rings (SSSR count). The van der Waals surface area contributed by atoms with Gasteiger partial charge in [-0.1, -0.05) is 12.1 Å². The standard InChI is InChI=1S/C15H21FN2O2/c16-13-3-1-2-12(10-13)14(11-17)18-6-4-15(5-7-18)19-8-9-20-15/h1-3,10,14H,4-9,11,17H2. The van der Waals surface area contributed by atoms with E-state index in [-0.39, 0.29) is 17.6 Å². The highest BCUT2D eigenvalue weighted by atomic mass is 19.1. The van der Waals surface area contributed by atoms with Crippen molar-refractivity contribution in [2.45, 2.75) is 24.7 Å². The predicted molar refractivity (Wildman–Crippen MR) is 73.6 cm³/mol. The lowest BCUT2D eigenvalue weighted by atomic mass is 9.98. The molecule has 110 valence electrons. The van der Waals surface area contributed by atoms with Gasteiger partial charge in [0.2, 0.25) is 0 Å². The zero-order valence-electron chi connectivity index (χ0n) is 11.6. The quantitative estimate of drug-likeness (QED) is 0.915. The van der Waals surface area contributed by atoms with Crippen LogP contribution in [-0.4, -0.2) is 43.5 Å². The van der Waals surface area contributed by atoms with Gasteiger partial charge in [0.1, 0.15) is 5.82 Å². The van der Waals surface area contributed by atoms with Crippen molar-refractivity contribution in [1.82, 2.24) is 4.90 Å². The number of piperidine rings is 1. The highest BCUT2D eigenvalue weighted by Gasteiger charge is 2.41. The monoisotopic (exact) mass is 280 g/mol. The lowest BCUT2D eigenvalue weighted by Gasteiger charge is -2.41. The van der Waals surface area contributed by atoms with Crippen LogP contribution in [0.5, 0.6) is 0 Å². The van der Waals surface area contributed by atoms with Crippen molar-refractivity contribution < 1.29 is 13.9 Å². The molecule has 0 aliphatic carbocycles. The lowest BCUT2D eigenvalue weighted by Crippen LogP contribution is -2.47. The van der Waals surface area contributed by atoms with Gasteiger partial charge in [0, 0.05) is 38.5 Å². The number of hydrogen-bond donors (Lipinski definition) is 1. The smallest absolute Gasteiger partial charge is 0.170 e. The first-order chi connectivity index (χ1) is 9.72. The van der Waals surface area contributed by atoms with Crippen molar-refractivity contribution in [3.63, 3.8) is 0 Å². The largest absolute Gasteiger partial charge is 0.347 e. The molecule has 2 N–H and O–H groups in total. The average molecular weight is 280 g/mol. The van der Waals surface area contributed by atoms with Crippen molar-refractivity contribution in [1.29, 1.82) is 0 Å². The van der Waals surface area contributed by atoms with E-state index in [0.717, 1.165) is 31.5 Å². The van der Waals surface area contributed by atoms with Crippen LogP contribution in [0.25, 0.3) is 0 Å². The molecular weight excluding hydrogens is 259 g/mol. The number of benzene rings is 1. The Hall–Kier alpha value is -1.01. The Morgan fingerprint density at radius 1 is 1.25 bits per heavy atom. The van der Waals surface area contributed by atoms with Crippen LogP contribution in [0, 0.1) is 5.82 Å². The number of hydrogen-bond acceptors (Lipinski definition) is 4. The minimum absolute atomic E-state index is 0.0597. The number of halogens is 1. The highest BCUT2D eigenvalue weighted by Crippen LogP contribution is 2.34. The molecule has 0 aromatic heterocycles. The van der Waals surface area contributed by atoms with Crippen molar-refractivity contribution in [2.24, 2.45) is 5.73 Å². The second-order valence-corrected chi connectivity index (χ2v) is 5.45. The molecule has 2 fully saturated rings. The van der Waals surface area contributed by atoms with Gasteiger partial charge in [-0.05, 0) is 17.7 Å². The van der Waals surface area contributed by atoms with Gasteiger partial charge in [0.05, 0.1) is 13.2 Å². The Bertz CT molecular complexity index is 453. The maximum atomic E-state index is 13.4. The van der Waals surface area contributed by atoms with Gasteiger partial charge in [-0.2, -0.15) is 0 Å². The van der Waals surface area contributed by atoms with Crippen LogP contribution in [0.15, 0.2) is 24.3 Å². The summed E-state index contributed by atoms with van der Waals surface area (Å²) in [6.07, 6.45) is 1.69. The van der Waals surface area contributed by atoms with Gasteiger partial charge in [-0.3, -0.25) is 4.90 Å². The molecule has 0 amide bonds. The van der Waals surface area contributed by atoms with E-state index in [1.54, 1.807) is 12.1 Å². The lowest BCUT2D eigenvalue weighted by molar-refractivity contribution is -0.187. The van der Waals surface area contributed by atoms with Crippen molar-refractivity contribution in [3.8, 4) is 0 Å². The highest BCUT2D eigenvalue weighted by molar-refractivity contribution is 5.21. The van der Waals surface area contributed by atoms with Gasteiger partial charge in [0.25, 0.3) is 0 Å². The molecule has 4 nitrogen and oxygen atoms in total. The van der Waals surface area contributed by atoms with Gasteiger partial charge in [-0.25, -0.2) is 4.39 Å². The van der Waals surface area contributed by atoms with E-state index < -0.39 is 0 Å². The van der Waals surface area contributed by atoms with E-state index in [0.29, 0.717) is 19.8 Å². The zero-order chi connectivity index (χ0) is 14.0. The topological polar surface area (TPSA) is 47.7 Å². The number of rotatable bonds is 3. The summed E-state index contributed by atoms with van der Waals surface area (Å²) in [5.74, 6) is -0.589. The molecule has 2 saturated heterocycles. The van der Waals surface area contributed by atoms with E-state index in [1.807, 2.05) is 6.07 Å². The molecule has 1 atom stereocenters. The third-order valence-corrected chi connectivity index (χ3v) is 4.27. The van der Waals surface area contributed by atoms with E-state index in [1.165, 1.54) is 6.07 Å². The molecule has 5 heteroatoms. The summed E-state index contributed by atoms with van der Waals surface area (Å²) in [5.41, 5.74) is 6.85. The number of ether oxygens (including phenoxy) is 2. The van der Waals surface area contributed by atoms with Crippen LogP contribution in [-0.2, 0) is 9.47 Å². The van der Waals surface area contributed by atoms with Gasteiger partial charge >= 0.3 is 0 Å². The second kappa shape index (κ2) is 5.77. The summed E-state index contributed by atoms with van der Waals surface area (Å²) in [4.78, 5) is 2.30. The third-order valence-electron chi connectivity index (χ3n) is 4.27. The Balaban J connectivity index is 1.69. The van der Waals surface area contributed by atoms with Crippen LogP contribution in [0.3, 0.4) is 0 Å². The van der Waals surface area contributed by atoms with Crippen LogP contribution < -0.4 is 5.73 Å². The molecule has 2 aliphatic heterocycles. The first kappa shape index (κ1) is 13.9. The minimum Gasteiger partial charge on any atom is -0.347 e. The Labute approximate surface area is 118 Å². The normalized spacial score (nSPS) is 24.1. The maximum Gasteiger partial charge on any atom is 0.170 e. The predicted octanol–water partition coefficient (Wildman–Crippen LogP) is 1.66. The van der Waals surface area contributed by atoms with Crippen LogP contribution in [0.2, 0.25) is 0 Å². The molecule has 2 aliphatic rings. The van der Waals surface area contributed by atoms with Crippen LogP contribution in [0.4, 0.5) is 4.39 Å². The number of nitrogens with two attached hydrogens (primary N) is 1. The van der Waals surface area contributed by atoms with E-state index in [4.69, 9.17) is 15.2 Å². The van der Waals surface area contributed by atoms with Gasteiger partial charge in [-0.15, -0.1) is 0 Å². The molecule has 20 heavy (non-hydrogen) atoms. The molecule has 0 saturated carbocycles. The fourth-order valence-corrected chi connectivity index (χ4v) is 3.17. The molecule has 2 heterocycles. The molecule has 1 aromatic carbocycles. The maximum absolute atomic E-state index is 13.4. The van der Waals surface area contributed by atoms with E-state index in [9.17, 15) is 4.39 Å². The van der Waals surface area contributed by atoms with Gasteiger partial charge in [0.15, 0.2) is 5.79 Å². The first-order valence-electron chi connectivity index (χ1n) is 7.20. The van der Waals surface area contributed by atoms with E-state index in [2.05, 4.69) is 4.90 Å². The van der Waals surface area contributed by atoms with E-state index >= 15 is 0 Å². The molecule has 0 bridgehead atoms. The summed E-state index contributed by atoms with van der Waals surface area (Å²) in [7, 11) is 0. The second-order valence-electron chi connectivity index (χ2n) is 5.45. The van der Waals surface area contributed by atoms with Crippen molar-refractivity contribution >= 4 is 0 Å². The molecule has 0 radical (unpaired) electrons. The summed E-state index contributed by atoms with van der Waals surface area (Å²) >= 11 is 0. The Kier molecular flexibility index (Phi) is 4.03. The summed E-state index contributed by atoms with van der Waals surface area (Å²) in [6.45, 7) is 3.57. The number of nitrogens with zero attached hydrogens (tertiary/aromatic N) is 1. The molecule has 1 unspecified atom stereocenters. The first-order valence-corrected chi connectivity index (χ1v) is 7.20. The van der Waals surface area contributed by atoms with Crippen LogP contribution >= 0.6 is 0 Å². The van der Waals surface area contributed by atoms with Crippen molar-refractivity contribution in [2.75, 3.05) is 32.8 Å². The Morgan fingerprint density at radius 2 is 1.95 bits per heavy atom. The zero-order valence-corrected chi connectivity index (χ0v) is 11.6. The number of likely N-dealkylation sites (tertiary alicyclic amines) is 1. The fourth-order valence-electron chi connectivity index (χ4n) is 3.17. The molecule has 1 aromatic rings. The summed E-state index contributed by atoms with van der Waals surface area (Å²) in [6, 6.07) is 6.77. The average Bonchev–Trinajstić information content (AvgIpc) is 2.91.